The molecule has 106 valence electrons. The zero-order valence-electron chi connectivity index (χ0n) is 11.9. The van der Waals surface area contributed by atoms with Gasteiger partial charge in [-0.15, -0.1) is 0 Å². The zero-order chi connectivity index (χ0) is 15.0. The Hall–Kier alpha value is -2.13. The van der Waals surface area contributed by atoms with Crippen molar-refractivity contribution in [2.24, 2.45) is 0 Å². The molecule has 0 aliphatic heterocycles. The molecule has 3 rings (SSSR count). The summed E-state index contributed by atoms with van der Waals surface area (Å²) in [6.07, 6.45) is 0. The van der Waals surface area contributed by atoms with Gasteiger partial charge >= 0.3 is 0 Å². The molecule has 0 atom stereocenters. The molecule has 0 N–H and O–H groups in total. The molecule has 1 heterocycles. The van der Waals surface area contributed by atoms with E-state index in [0.29, 0.717) is 16.2 Å². The minimum atomic E-state index is -0.225. The van der Waals surface area contributed by atoms with Crippen molar-refractivity contribution in [1.29, 1.82) is 0 Å². The first-order chi connectivity index (χ1) is 10.1. The first kappa shape index (κ1) is 13.8. The highest BCUT2D eigenvalue weighted by Crippen LogP contribution is 2.26. The van der Waals surface area contributed by atoms with E-state index in [2.05, 4.69) is 23.4 Å². The van der Waals surface area contributed by atoms with Gasteiger partial charge < -0.3 is 4.57 Å². The van der Waals surface area contributed by atoms with Gasteiger partial charge in [0.05, 0.1) is 10.9 Å². The van der Waals surface area contributed by atoms with Crippen LogP contribution in [0, 0.1) is 0 Å². The van der Waals surface area contributed by atoms with Crippen LogP contribution in [0.4, 0.5) is 0 Å². The Morgan fingerprint density at radius 3 is 2.48 bits per heavy atom. The summed E-state index contributed by atoms with van der Waals surface area (Å²) in [6.45, 7) is 4.14. The van der Waals surface area contributed by atoms with Crippen molar-refractivity contribution in [3.8, 4) is 11.4 Å². The van der Waals surface area contributed by atoms with Crippen LogP contribution < -0.4 is 5.56 Å². The third kappa shape index (κ3) is 2.45. The summed E-state index contributed by atoms with van der Waals surface area (Å²) in [5.41, 5.74) is 1.51. The number of rotatable bonds is 2. The lowest BCUT2D eigenvalue weighted by molar-refractivity contribution is 0.614. The Morgan fingerprint density at radius 2 is 1.81 bits per heavy atom. The van der Waals surface area contributed by atoms with Crippen LogP contribution in [0.1, 0.15) is 19.9 Å². The van der Waals surface area contributed by atoms with Crippen LogP contribution in [0.25, 0.3) is 22.3 Å². The number of halogens is 1. The smallest absolute Gasteiger partial charge is 0.281 e. The molecule has 0 bridgehead atoms. The lowest BCUT2D eigenvalue weighted by Crippen LogP contribution is -2.17. The average Bonchev–Trinajstić information content (AvgIpc) is 2.47. The van der Waals surface area contributed by atoms with Crippen LogP contribution in [0.15, 0.2) is 53.3 Å². The molecule has 21 heavy (non-hydrogen) atoms. The second kappa shape index (κ2) is 5.34. The Kier molecular flexibility index (Phi) is 3.52. The second-order valence-corrected chi connectivity index (χ2v) is 5.67. The van der Waals surface area contributed by atoms with E-state index in [9.17, 15) is 4.79 Å². The van der Waals surface area contributed by atoms with E-state index >= 15 is 0 Å². The zero-order valence-corrected chi connectivity index (χ0v) is 12.6. The second-order valence-electron chi connectivity index (χ2n) is 5.23. The molecule has 3 aromatic rings. The lowest BCUT2D eigenvalue weighted by atomic mass is 10.1. The van der Waals surface area contributed by atoms with Crippen molar-refractivity contribution < 1.29 is 0 Å². The molecule has 0 unspecified atom stereocenters. The molecule has 0 spiro atoms. The highest BCUT2D eigenvalue weighted by molar-refractivity contribution is 6.31. The molecule has 0 amide bonds. The first-order valence-corrected chi connectivity index (χ1v) is 7.23. The van der Waals surface area contributed by atoms with Crippen molar-refractivity contribution in [2.45, 2.75) is 19.9 Å². The Labute approximate surface area is 127 Å². The Morgan fingerprint density at radius 1 is 1.10 bits per heavy atom. The molecule has 0 saturated carbocycles. The van der Waals surface area contributed by atoms with Crippen LogP contribution in [-0.2, 0) is 0 Å². The van der Waals surface area contributed by atoms with Gasteiger partial charge in [0.15, 0.2) is 0 Å². The van der Waals surface area contributed by atoms with Crippen LogP contribution in [-0.4, -0.2) is 9.55 Å². The van der Waals surface area contributed by atoms with Crippen molar-refractivity contribution in [3.05, 3.63) is 63.9 Å². The summed E-state index contributed by atoms with van der Waals surface area (Å²) in [7, 11) is 0. The van der Waals surface area contributed by atoms with Crippen molar-refractivity contribution >= 4 is 22.5 Å². The predicted molar refractivity (Wildman–Crippen MR) is 86.8 cm³/mol. The van der Waals surface area contributed by atoms with Crippen LogP contribution in [0.5, 0.6) is 0 Å². The van der Waals surface area contributed by atoms with Gasteiger partial charge in [0, 0.05) is 16.6 Å². The van der Waals surface area contributed by atoms with E-state index < -0.39 is 0 Å². The van der Waals surface area contributed by atoms with Crippen LogP contribution in [0.2, 0.25) is 5.02 Å². The number of hydrogen-bond donors (Lipinski definition) is 0. The number of hydrogen-bond acceptors (Lipinski definition) is 2. The van der Waals surface area contributed by atoms with Crippen molar-refractivity contribution in [2.75, 3.05) is 0 Å². The van der Waals surface area contributed by atoms with E-state index in [1.54, 1.807) is 12.1 Å². The minimum absolute atomic E-state index is 0.161. The molecule has 2 aromatic carbocycles. The first-order valence-electron chi connectivity index (χ1n) is 6.85. The fourth-order valence-corrected chi connectivity index (χ4v) is 2.69. The highest BCUT2D eigenvalue weighted by Gasteiger charge is 2.14. The van der Waals surface area contributed by atoms with E-state index in [0.717, 1.165) is 11.1 Å². The predicted octanol–water partition coefficient (Wildman–Crippen LogP) is 4.30. The van der Waals surface area contributed by atoms with E-state index in [4.69, 9.17) is 11.6 Å². The fraction of sp³-hybridized carbons (Fsp3) is 0.176. The summed E-state index contributed by atoms with van der Waals surface area (Å²) in [6, 6.07) is 15.2. The molecule has 1 aromatic heterocycles. The maximum Gasteiger partial charge on any atom is 0.281 e. The molecule has 0 aliphatic rings. The van der Waals surface area contributed by atoms with E-state index in [1.807, 2.05) is 36.4 Å². The maximum atomic E-state index is 12.3. The largest absolute Gasteiger partial charge is 0.322 e. The average molecular weight is 299 g/mol. The van der Waals surface area contributed by atoms with Crippen LogP contribution >= 0.6 is 11.6 Å². The molecule has 0 radical (unpaired) electrons. The summed E-state index contributed by atoms with van der Waals surface area (Å²) < 4.78 is 2.05. The third-order valence-electron chi connectivity index (χ3n) is 3.43. The van der Waals surface area contributed by atoms with E-state index in [-0.39, 0.29) is 11.6 Å². The van der Waals surface area contributed by atoms with Crippen LogP contribution in [0.3, 0.4) is 0 Å². The van der Waals surface area contributed by atoms with Gasteiger partial charge in [-0.05, 0) is 32.0 Å². The topological polar surface area (TPSA) is 34.9 Å². The normalized spacial score (nSPS) is 11.2. The minimum Gasteiger partial charge on any atom is -0.322 e. The summed E-state index contributed by atoms with van der Waals surface area (Å²) in [5, 5.41) is 1.20. The summed E-state index contributed by atoms with van der Waals surface area (Å²) in [5.74, 6) is 0.672. The molecule has 0 aliphatic carbocycles. The number of aromatic nitrogens is 2. The molecule has 4 heteroatoms. The maximum absolute atomic E-state index is 12.3. The molecule has 0 fully saturated rings. The quantitative estimate of drug-likeness (QED) is 0.707. The Bertz CT molecular complexity index is 854. The van der Waals surface area contributed by atoms with E-state index in [1.165, 1.54) is 0 Å². The fourth-order valence-electron chi connectivity index (χ4n) is 2.52. The molecule has 0 saturated heterocycles. The van der Waals surface area contributed by atoms with Crippen molar-refractivity contribution in [3.63, 3.8) is 0 Å². The van der Waals surface area contributed by atoms with Gasteiger partial charge in [0.2, 0.25) is 0 Å². The monoisotopic (exact) mass is 298 g/mol. The number of fused-ring (bicyclic) bond motifs is 1. The standard InChI is InChI=1S/C17H15ClN2O/c1-11(2)20-15-10-13(18)8-9-14(15)17(21)19-16(20)12-6-4-3-5-7-12/h3-11H,1-2H3. The third-order valence-corrected chi connectivity index (χ3v) is 3.67. The molecular weight excluding hydrogens is 284 g/mol. The summed E-state index contributed by atoms with van der Waals surface area (Å²) in [4.78, 5) is 16.6. The van der Waals surface area contributed by atoms with Gasteiger partial charge in [-0.25, -0.2) is 0 Å². The molecule has 3 nitrogen and oxygen atoms in total. The number of nitrogens with zero attached hydrogens (tertiary/aromatic N) is 2. The van der Waals surface area contributed by atoms with Gasteiger partial charge in [0.1, 0.15) is 5.82 Å². The van der Waals surface area contributed by atoms with Gasteiger partial charge in [-0.2, -0.15) is 4.98 Å². The van der Waals surface area contributed by atoms with Gasteiger partial charge in [-0.1, -0.05) is 41.9 Å². The lowest BCUT2D eigenvalue weighted by Gasteiger charge is -2.19. The molecular formula is C17H15ClN2O. The number of benzene rings is 2. The highest BCUT2D eigenvalue weighted by atomic mass is 35.5. The summed E-state index contributed by atoms with van der Waals surface area (Å²) >= 11 is 6.11. The Balaban J connectivity index is 2.45. The van der Waals surface area contributed by atoms with Gasteiger partial charge in [0.25, 0.3) is 5.56 Å². The van der Waals surface area contributed by atoms with Crippen molar-refractivity contribution in [1.82, 2.24) is 9.55 Å². The van der Waals surface area contributed by atoms with Gasteiger partial charge in [-0.3, -0.25) is 4.79 Å². The SMILES string of the molecule is CC(C)n1c(-c2ccccc2)nc(=O)c2ccc(Cl)cc21.